The van der Waals surface area contributed by atoms with E-state index in [1.807, 2.05) is 194 Å². The van der Waals surface area contributed by atoms with Gasteiger partial charge in [0.2, 0.25) is 5.88 Å². The molecule has 0 spiro atoms. The number of ketones is 4. The summed E-state index contributed by atoms with van der Waals surface area (Å²) in [5.41, 5.74) is 14.4. The third-order valence-electron chi connectivity index (χ3n) is 24.0. The first-order chi connectivity index (χ1) is 65.4. The van der Waals surface area contributed by atoms with Crippen molar-refractivity contribution in [2.45, 2.75) is 119 Å². The largest absolute Gasteiger partial charge is 0.476 e. The number of aromatic nitrogens is 5. The Labute approximate surface area is 792 Å². The fourth-order valence-corrected chi connectivity index (χ4v) is 19.0. The lowest BCUT2D eigenvalue weighted by molar-refractivity contribution is 0.0983. The van der Waals surface area contributed by atoms with E-state index < -0.39 is 23.3 Å². The predicted molar refractivity (Wildman–Crippen MR) is 538 cm³/mol. The molecule has 22 heteroatoms. The molecule has 3 aliphatic heterocycles. The van der Waals surface area contributed by atoms with Crippen LogP contribution >= 0.6 is 23.5 Å². The fraction of sp³-hybridized carbons (Fsp3) is 0.295. The molecule has 0 radical (unpaired) electrons. The maximum absolute atomic E-state index is 13.5. The van der Waals surface area contributed by atoms with Gasteiger partial charge in [-0.25, -0.2) is 32.5 Å². The third-order valence-corrected chi connectivity index (χ3v) is 25.8. The van der Waals surface area contributed by atoms with Crippen LogP contribution in [0.2, 0.25) is 0 Å². The lowest BCUT2D eigenvalue weighted by atomic mass is 10.0. The van der Waals surface area contributed by atoms with Crippen LogP contribution in [0.25, 0.3) is 53.9 Å². The highest BCUT2D eigenvalue weighted by molar-refractivity contribution is 7.99. The van der Waals surface area contributed by atoms with Gasteiger partial charge in [-0.1, -0.05) is 225 Å². The molecule has 134 heavy (non-hydrogen) atoms. The molecule has 3 N–H and O–H groups in total. The molecule has 0 unspecified atom stereocenters. The minimum Gasteiger partial charge on any atom is -0.476 e. The molecule has 16 nitrogen and oxygen atoms in total. The van der Waals surface area contributed by atoms with E-state index in [-0.39, 0.29) is 35.1 Å². The number of nitrogens with two attached hydrogens (primary N) is 1. The number of likely N-dealkylation sites (tertiary alicyclic amines) is 3. The molecular weight excluding hydrogens is 1720 g/mol. The first-order valence-electron chi connectivity index (χ1n) is 46.7. The van der Waals surface area contributed by atoms with Gasteiger partial charge in [0, 0.05) is 116 Å². The van der Waals surface area contributed by atoms with Crippen molar-refractivity contribution in [2.24, 2.45) is 5.73 Å². The summed E-state index contributed by atoms with van der Waals surface area (Å²) < 4.78 is 59.9. The van der Waals surface area contributed by atoms with Crippen molar-refractivity contribution in [1.82, 2.24) is 44.5 Å². The number of carbonyl (C=O) groups is 4. The Kier molecular flexibility index (Phi) is 37.0. The smallest absolute Gasteiger partial charge is 0.214 e. The second-order valence-corrected chi connectivity index (χ2v) is 36.5. The van der Waals surface area contributed by atoms with Gasteiger partial charge in [-0.15, -0.1) is 23.5 Å². The molecule has 0 bridgehead atoms. The van der Waals surface area contributed by atoms with Crippen LogP contribution in [-0.2, 0) is 45.1 Å². The van der Waals surface area contributed by atoms with Gasteiger partial charge in [-0.2, -0.15) is 0 Å². The molecule has 18 rings (SSSR count). The number of benzene rings is 10. The second-order valence-electron chi connectivity index (χ2n) is 34.3. The summed E-state index contributed by atoms with van der Waals surface area (Å²) >= 11 is 3.42. The number of nitrogens with zero attached hydrogens (tertiary/aromatic N) is 9. The Morgan fingerprint density at radius 1 is 0.366 bits per heavy atom. The van der Waals surface area contributed by atoms with Crippen LogP contribution in [0, 0.1) is 23.3 Å². The number of pyridine rings is 5. The van der Waals surface area contributed by atoms with Crippen LogP contribution in [-0.4, -0.2) is 172 Å². The molecule has 0 saturated carbocycles. The van der Waals surface area contributed by atoms with Crippen molar-refractivity contribution >= 4 is 106 Å². The van der Waals surface area contributed by atoms with E-state index in [1.165, 1.54) is 82.0 Å². The van der Waals surface area contributed by atoms with Gasteiger partial charge < -0.3 is 30.5 Å². The highest BCUT2D eigenvalue weighted by atomic mass is 32.2. The van der Waals surface area contributed by atoms with Gasteiger partial charge >= 0.3 is 0 Å². The highest BCUT2D eigenvalue weighted by Crippen LogP contribution is 2.32. The van der Waals surface area contributed by atoms with Crippen LogP contribution < -0.4 is 15.8 Å². The minimum atomic E-state index is -0.752. The van der Waals surface area contributed by atoms with E-state index >= 15 is 0 Å². The Morgan fingerprint density at radius 3 is 1.15 bits per heavy atom. The molecule has 690 valence electrons. The quantitative estimate of drug-likeness (QED) is 0.0219. The maximum Gasteiger partial charge on any atom is 0.214 e. The van der Waals surface area contributed by atoms with Gasteiger partial charge in [0.1, 0.15) is 29.9 Å². The zero-order chi connectivity index (χ0) is 93.2. The molecule has 8 heterocycles. The molecule has 3 aliphatic rings. The number of hydrogen-bond donors (Lipinski definition) is 2. The average molecular weight is 1840 g/mol. The van der Waals surface area contributed by atoms with Crippen LogP contribution in [0.1, 0.15) is 145 Å². The number of halogens is 4. The van der Waals surface area contributed by atoms with Crippen molar-refractivity contribution in [3.8, 4) is 5.88 Å². The number of hydrogen-bond acceptors (Lipinski definition) is 18. The normalized spacial score (nSPS) is 13.4. The molecule has 15 aromatic rings. The van der Waals surface area contributed by atoms with Crippen LogP contribution in [0.3, 0.4) is 0 Å². The monoisotopic (exact) mass is 1840 g/mol. The van der Waals surface area contributed by atoms with Crippen molar-refractivity contribution in [2.75, 3.05) is 110 Å². The van der Waals surface area contributed by atoms with Gasteiger partial charge in [-0.3, -0.25) is 34.0 Å². The summed E-state index contributed by atoms with van der Waals surface area (Å²) in [6.07, 6.45) is 15.2. The standard InChI is InChI=1S/C24H24F2N2OS.C24H26N2O.C23H25F2N3O.C21H22N2OS.C20H20N2O/c25-19-12-18(13-20(26)15-19)23(29)16-22-21-7-3-2-6-17(21)14-24(27-22)30-11-10-28-8-4-1-5-9-28;27-24(19-9-2-1-3-10-19)18-23-22-13-5-4-11-20(22)17-21(25-23)12-8-16-26-14-6-7-15-26;24-18-13-19(25)15-20(14-18)26-16-22-21-7-3-2-6-17(21)12-23(27-22)29-11-10-28-8-4-1-5-9-28;1-23(2)12-13-25-21-14-17-10-6-7-11-18(17)19(22-21)15-20(24)16-8-4-3-5-9-16;21-12-6-10-17-13-16-9-4-5-11-18(16)19(22-17)14-20(23)15-7-2-1-3-8-15/h2-3,6-7,12-15H,1,4-5,8-11,16H2;1-5,9-11,13,17H,6-8,12,14-16,18H2;2-3,6-7,12-15,26H,1,4-5,8-11,16H2;3-11,14H,12-13,15H2,1-2H3;1-5,7-9,11,13H,6,10,12,14,21H2. The summed E-state index contributed by atoms with van der Waals surface area (Å²) in [5.74, 6) is -0.255. The van der Waals surface area contributed by atoms with E-state index in [0.717, 1.165) is 223 Å². The van der Waals surface area contributed by atoms with Crippen molar-refractivity contribution < 1.29 is 41.5 Å². The fourth-order valence-electron chi connectivity index (χ4n) is 17.0. The summed E-state index contributed by atoms with van der Waals surface area (Å²) in [6.45, 7) is 12.7. The highest BCUT2D eigenvalue weighted by Gasteiger charge is 2.22. The van der Waals surface area contributed by atoms with Crippen molar-refractivity contribution in [1.29, 1.82) is 0 Å². The summed E-state index contributed by atoms with van der Waals surface area (Å²) in [6, 6.07) is 85.3. The molecule has 10 aromatic carbocycles. The Bertz CT molecular complexity index is 6360. The minimum absolute atomic E-state index is 0.00390. The molecular formula is C112H117F4N11O5S2. The van der Waals surface area contributed by atoms with E-state index in [2.05, 4.69) is 92.5 Å². The van der Waals surface area contributed by atoms with E-state index in [1.54, 1.807) is 23.5 Å². The van der Waals surface area contributed by atoms with Crippen LogP contribution in [0.4, 0.5) is 23.2 Å². The van der Waals surface area contributed by atoms with Gasteiger partial charge in [0.05, 0.1) is 70.7 Å². The summed E-state index contributed by atoms with van der Waals surface area (Å²) in [5, 5.41) is 15.5. The number of ether oxygens (including phenoxy) is 1. The zero-order valence-corrected chi connectivity index (χ0v) is 78.1. The van der Waals surface area contributed by atoms with Crippen LogP contribution in [0.15, 0.2) is 289 Å². The number of thioether (sulfide) groups is 2. The molecule has 3 saturated heterocycles. The number of fused-ring (bicyclic) bond motifs is 5. The molecule has 3 fully saturated rings. The number of Topliss-reactive ketones (excluding diaryl/α,β-unsaturated/α-hetero) is 4. The SMILES string of the molecule is CN(C)CCSc1cc2ccccc2c(CC(=O)c2ccccc2)n1.Fc1cc(F)cc(NCc2nc(OCCN3CCCCC3)cc3ccccc23)c1.NCCCc1cc2ccccc2c(CC(=O)c2ccccc2)n1.O=C(Cc1nc(CCCN2CCCC2)cc2ccccc12)c1ccccc1.O=C(Cc1nc(SCCN2CCCCC2)cc2ccccc12)c1cc(F)cc(F)c1. The molecule has 0 aliphatic carbocycles. The number of carbonyl (C=O) groups excluding carboxylic acids is 4. The zero-order valence-electron chi connectivity index (χ0n) is 76.5. The number of nitrogens with one attached hydrogen (secondary N) is 1. The Balaban J connectivity index is 0.000000135. The number of anilines is 1. The second kappa shape index (κ2) is 50.7. The third kappa shape index (κ3) is 29.6. The average Bonchev–Trinajstić information content (AvgIpc) is 0.832. The number of piperidine rings is 2. The molecule has 5 aromatic heterocycles. The van der Waals surface area contributed by atoms with Gasteiger partial charge in [-0.05, 0) is 206 Å². The lowest BCUT2D eigenvalue weighted by Crippen LogP contribution is -2.33. The number of rotatable bonds is 34. The number of aryl methyl sites for hydroxylation is 2. The predicted octanol–water partition coefficient (Wildman–Crippen LogP) is 23.1. The van der Waals surface area contributed by atoms with E-state index in [4.69, 9.17) is 30.4 Å². The first kappa shape index (κ1) is 97.8. The van der Waals surface area contributed by atoms with Crippen molar-refractivity contribution in [3.63, 3.8) is 0 Å². The van der Waals surface area contributed by atoms with E-state index in [9.17, 15) is 36.7 Å². The Hall–Kier alpha value is -12.3. The van der Waals surface area contributed by atoms with E-state index in [0.29, 0.717) is 56.2 Å². The van der Waals surface area contributed by atoms with Crippen molar-refractivity contribution in [3.05, 3.63) is 364 Å². The Morgan fingerprint density at radius 2 is 0.716 bits per heavy atom. The molecule has 0 amide bonds. The van der Waals surface area contributed by atoms with Gasteiger partial charge in [0.25, 0.3) is 0 Å². The maximum atomic E-state index is 13.5. The first-order valence-corrected chi connectivity index (χ1v) is 48.7. The topological polar surface area (TPSA) is 193 Å². The van der Waals surface area contributed by atoms with Gasteiger partial charge in [0.15, 0.2) is 23.1 Å². The summed E-state index contributed by atoms with van der Waals surface area (Å²) in [4.78, 5) is 84.0. The molecule has 0 atom stereocenters. The lowest BCUT2D eigenvalue weighted by Gasteiger charge is -2.26. The van der Waals surface area contributed by atoms with Crippen LogP contribution in [0.5, 0.6) is 5.88 Å². The summed E-state index contributed by atoms with van der Waals surface area (Å²) in [7, 11) is 4.14.